The molecule has 0 radical (unpaired) electrons. The molecule has 3 heteroatoms. The molecule has 0 saturated heterocycles. The maximum absolute atomic E-state index is 5.00. The third kappa shape index (κ3) is 10.4. The van der Waals surface area contributed by atoms with Crippen LogP contribution in [-0.4, -0.2) is 51.3 Å². The number of ether oxygens (including phenoxy) is 1. The first kappa shape index (κ1) is 15.9. The number of nitrogens with one attached hydrogen (secondary N) is 1. The highest BCUT2D eigenvalue weighted by Crippen LogP contribution is 1.97. The molecule has 1 N–H and O–H groups in total. The van der Waals surface area contributed by atoms with Gasteiger partial charge in [0.05, 0.1) is 0 Å². The maximum atomic E-state index is 5.00. The molecule has 0 unspecified atom stereocenters. The Balaban J connectivity index is 3.04. The molecule has 16 heavy (non-hydrogen) atoms. The first-order valence-electron chi connectivity index (χ1n) is 6.58. The van der Waals surface area contributed by atoms with Crippen LogP contribution in [0.5, 0.6) is 0 Å². The van der Waals surface area contributed by atoms with Crippen LogP contribution in [-0.2, 0) is 4.74 Å². The van der Waals surface area contributed by atoms with Crippen molar-refractivity contribution in [3.8, 4) is 0 Å². The molecule has 0 aromatic rings. The third-order valence-corrected chi connectivity index (χ3v) is 2.95. The molecule has 0 bridgehead atoms. The van der Waals surface area contributed by atoms with E-state index in [1.807, 2.05) is 0 Å². The van der Waals surface area contributed by atoms with E-state index >= 15 is 0 Å². The number of unbranched alkanes of at least 4 members (excludes halogenated alkanes) is 2. The van der Waals surface area contributed by atoms with E-state index in [9.17, 15) is 0 Å². The number of methoxy groups -OCH3 is 1. The predicted molar refractivity (Wildman–Crippen MR) is 71.0 cm³/mol. The fraction of sp³-hybridized carbons (Fsp3) is 1.00. The summed E-state index contributed by atoms with van der Waals surface area (Å²) in [5.41, 5.74) is 0. The molecule has 0 rings (SSSR count). The molecule has 0 aromatic heterocycles. The Bertz CT molecular complexity index is 140. The topological polar surface area (TPSA) is 24.5 Å². The Morgan fingerprint density at radius 2 is 1.69 bits per heavy atom. The van der Waals surface area contributed by atoms with Crippen LogP contribution < -0.4 is 5.32 Å². The molecule has 0 atom stereocenters. The van der Waals surface area contributed by atoms with Gasteiger partial charge in [0.15, 0.2) is 0 Å². The molecule has 0 fully saturated rings. The van der Waals surface area contributed by atoms with Gasteiger partial charge < -0.3 is 15.0 Å². The number of nitrogens with zero attached hydrogens (tertiary/aromatic N) is 1. The smallest absolute Gasteiger partial charge is 0.0462 e. The number of rotatable bonds is 11. The lowest BCUT2D eigenvalue weighted by molar-refractivity contribution is 0.192. The molecule has 0 aliphatic rings. The quantitative estimate of drug-likeness (QED) is 0.550. The molecule has 0 aromatic carbocycles. The summed E-state index contributed by atoms with van der Waals surface area (Å²) in [4.78, 5) is 2.40. The van der Waals surface area contributed by atoms with Crippen LogP contribution in [0.2, 0.25) is 0 Å². The zero-order valence-electron chi connectivity index (χ0n) is 11.6. The van der Waals surface area contributed by atoms with E-state index in [0.717, 1.165) is 19.7 Å². The Morgan fingerprint density at radius 3 is 2.25 bits per heavy atom. The van der Waals surface area contributed by atoms with E-state index in [1.165, 1.54) is 32.2 Å². The van der Waals surface area contributed by atoms with Crippen molar-refractivity contribution < 1.29 is 4.74 Å². The monoisotopic (exact) mass is 230 g/mol. The molecule has 0 saturated carbocycles. The van der Waals surface area contributed by atoms with Gasteiger partial charge in [-0.3, -0.25) is 0 Å². The average Bonchev–Trinajstić information content (AvgIpc) is 2.26. The van der Waals surface area contributed by atoms with Gasteiger partial charge >= 0.3 is 0 Å². The summed E-state index contributed by atoms with van der Waals surface area (Å²) in [6.45, 7) is 8.87. The maximum Gasteiger partial charge on any atom is 0.0462 e. The van der Waals surface area contributed by atoms with Crippen molar-refractivity contribution in [1.82, 2.24) is 10.2 Å². The van der Waals surface area contributed by atoms with Crippen LogP contribution in [0, 0.1) is 0 Å². The van der Waals surface area contributed by atoms with Crippen molar-refractivity contribution in [2.45, 2.75) is 45.6 Å². The van der Waals surface area contributed by atoms with E-state index < -0.39 is 0 Å². The summed E-state index contributed by atoms with van der Waals surface area (Å²) < 4.78 is 5.00. The van der Waals surface area contributed by atoms with Crippen molar-refractivity contribution in [2.24, 2.45) is 0 Å². The lowest BCUT2D eigenvalue weighted by Crippen LogP contribution is -2.28. The summed E-state index contributed by atoms with van der Waals surface area (Å²) in [5, 5.41) is 3.47. The van der Waals surface area contributed by atoms with Crippen LogP contribution in [0.4, 0.5) is 0 Å². The van der Waals surface area contributed by atoms with Gasteiger partial charge in [-0.15, -0.1) is 0 Å². The molecule has 0 heterocycles. The minimum Gasteiger partial charge on any atom is -0.385 e. The Kier molecular flexibility index (Phi) is 11.3. The van der Waals surface area contributed by atoms with Gasteiger partial charge in [0, 0.05) is 19.8 Å². The normalized spacial score (nSPS) is 11.6. The lowest BCUT2D eigenvalue weighted by atomic mass is 10.2. The average molecular weight is 230 g/mol. The van der Waals surface area contributed by atoms with Gasteiger partial charge in [0.2, 0.25) is 0 Å². The van der Waals surface area contributed by atoms with Crippen LogP contribution in [0.1, 0.15) is 39.5 Å². The molecule has 0 spiro atoms. The van der Waals surface area contributed by atoms with Crippen LogP contribution in [0.15, 0.2) is 0 Å². The summed E-state index contributed by atoms with van der Waals surface area (Å²) >= 11 is 0. The molecular formula is C13H30N2O. The van der Waals surface area contributed by atoms with Crippen molar-refractivity contribution in [3.63, 3.8) is 0 Å². The molecule has 0 aliphatic heterocycles. The van der Waals surface area contributed by atoms with Crippen molar-refractivity contribution in [3.05, 3.63) is 0 Å². The van der Waals surface area contributed by atoms with Gasteiger partial charge in [-0.1, -0.05) is 0 Å². The van der Waals surface area contributed by atoms with E-state index in [1.54, 1.807) is 7.11 Å². The highest BCUT2D eigenvalue weighted by atomic mass is 16.5. The van der Waals surface area contributed by atoms with Crippen molar-refractivity contribution >= 4 is 0 Å². The fourth-order valence-electron chi connectivity index (χ4n) is 1.49. The van der Waals surface area contributed by atoms with E-state index in [4.69, 9.17) is 4.74 Å². The van der Waals surface area contributed by atoms with Crippen LogP contribution in [0.25, 0.3) is 0 Å². The van der Waals surface area contributed by atoms with Gasteiger partial charge in [-0.05, 0) is 66.2 Å². The second-order valence-corrected chi connectivity index (χ2v) is 4.73. The van der Waals surface area contributed by atoms with E-state index in [-0.39, 0.29) is 0 Å². The molecule has 0 amide bonds. The van der Waals surface area contributed by atoms with Gasteiger partial charge in [0.1, 0.15) is 0 Å². The first-order chi connectivity index (χ1) is 7.68. The summed E-state index contributed by atoms with van der Waals surface area (Å²) in [6.07, 6.45) is 4.96. The first-order valence-corrected chi connectivity index (χ1v) is 6.58. The minimum atomic E-state index is 0.669. The Morgan fingerprint density at radius 1 is 1.06 bits per heavy atom. The lowest BCUT2D eigenvalue weighted by Gasteiger charge is -2.20. The van der Waals surface area contributed by atoms with E-state index in [0.29, 0.717) is 6.04 Å². The van der Waals surface area contributed by atoms with E-state index in [2.05, 4.69) is 31.1 Å². The van der Waals surface area contributed by atoms with Gasteiger partial charge in [-0.25, -0.2) is 0 Å². The molecule has 98 valence electrons. The largest absolute Gasteiger partial charge is 0.385 e. The summed E-state index contributed by atoms with van der Waals surface area (Å²) in [5.74, 6) is 0. The SMILES string of the molecule is COCCCCNCCCCN(C)C(C)C. The molecular weight excluding hydrogens is 200 g/mol. The number of hydrogen-bond acceptors (Lipinski definition) is 3. The van der Waals surface area contributed by atoms with Gasteiger partial charge in [-0.2, -0.15) is 0 Å². The Hall–Kier alpha value is -0.120. The summed E-state index contributed by atoms with van der Waals surface area (Å²) in [7, 11) is 3.96. The zero-order chi connectivity index (χ0) is 12.2. The van der Waals surface area contributed by atoms with Gasteiger partial charge in [0.25, 0.3) is 0 Å². The van der Waals surface area contributed by atoms with Crippen LogP contribution in [0.3, 0.4) is 0 Å². The minimum absolute atomic E-state index is 0.669. The standard InChI is InChI=1S/C13H30N2O/c1-13(2)15(3)11-7-5-9-14-10-6-8-12-16-4/h13-14H,5-12H2,1-4H3. The molecule has 3 nitrogen and oxygen atoms in total. The third-order valence-electron chi connectivity index (χ3n) is 2.95. The number of hydrogen-bond donors (Lipinski definition) is 1. The van der Waals surface area contributed by atoms with Crippen molar-refractivity contribution in [2.75, 3.05) is 40.4 Å². The van der Waals surface area contributed by atoms with Crippen LogP contribution >= 0.6 is 0 Å². The summed E-state index contributed by atoms with van der Waals surface area (Å²) in [6, 6.07) is 0.669. The molecule has 0 aliphatic carbocycles. The highest BCUT2D eigenvalue weighted by molar-refractivity contribution is 4.57. The second-order valence-electron chi connectivity index (χ2n) is 4.73. The Labute approximate surface area is 102 Å². The highest BCUT2D eigenvalue weighted by Gasteiger charge is 2.01. The zero-order valence-corrected chi connectivity index (χ0v) is 11.6. The van der Waals surface area contributed by atoms with Crippen molar-refractivity contribution in [1.29, 1.82) is 0 Å². The second kappa shape index (κ2) is 11.4. The predicted octanol–water partition coefficient (Wildman–Crippen LogP) is 2.12. The fourth-order valence-corrected chi connectivity index (χ4v) is 1.49.